The quantitative estimate of drug-likeness (QED) is 0.804. The van der Waals surface area contributed by atoms with Crippen LogP contribution in [0.3, 0.4) is 0 Å². The summed E-state index contributed by atoms with van der Waals surface area (Å²) in [7, 11) is -5.30. The second-order valence-corrected chi connectivity index (χ2v) is 6.67. The normalized spacial score (nSPS) is 13.9. The van der Waals surface area contributed by atoms with Crippen LogP contribution in [0.25, 0.3) is 0 Å². The van der Waals surface area contributed by atoms with Crippen molar-refractivity contribution >= 4 is 21.6 Å². The molecule has 1 atom stereocenters. The fourth-order valence-corrected chi connectivity index (χ4v) is 2.58. The fourth-order valence-electron chi connectivity index (χ4n) is 1.06. The van der Waals surface area contributed by atoms with Gasteiger partial charge in [0, 0.05) is 4.90 Å². The average molecular weight is 295 g/mol. The first-order valence-electron chi connectivity index (χ1n) is 4.66. The van der Waals surface area contributed by atoms with Gasteiger partial charge in [0.25, 0.3) is 9.84 Å². The summed E-state index contributed by atoms with van der Waals surface area (Å²) in [6.45, 7) is 1.63. The molecule has 0 fully saturated rings. The zero-order valence-electron chi connectivity index (χ0n) is 9.10. The molecular formula is C10H8F3NO2S2. The molecule has 0 amide bonds. The second kappa shape index (κ2) is 5.20. The van der Waals surface area contributed by atoms with Crippen molar-refractivity contribution in [1.29, 1.82) is 5.26 Å². The first-order chi connectivity index (χ1) is 8.18. The van der Waals surface area contributed by atoms with Crippen LogP contribution >= 0.6 is 11.8 Å². The molecule has 3 nitrogen and oxygen atoms in total. The predicted octanol–water partition coefficient (Wildman–Crippen LogP) is 2.98. The maximum Gasteiger partial charge on any atom is 0.501 e. The summed E-state index contributed by atoms with van der Waals surface area (Å²) in [5, 5.41) is 8.21. The minimum absolute atomic E-state index is 0.366. The smallest absolute Gasteiger partial charge is 0.214 e. The number of benzene rings is 1. The molecule has 1 unspecified atom stereocenters. The third kappa shape index (κ3) is 3.17. The van der Waals surface area contributed by atoms with Crippen molar-refractivity contribution in [2.24, 2.45) is 0 Å². The number of hydrogen-bond acceptors (Lipinski definition) is 4. The molecule has 0 radical (unpaired) electrons. The first-order valence-corrected chi connectivity index (χ1v) is 7.02. The highest BCUT2D eigenvalue weighted by molar-refractivity contribution is 8.00. The number of thioether (sulfide) groups is 1. The number of rotatable bonds is 3. The molecule has 8 heteroatoms. The van der Waals surface area contributed by atoms with Gasteiger partial charge in [-0.25, -0.2) is 8.42 Å². The van der Waals surface area contributed by atoms with Crippen LogP contribution in [-0.2, 0) is 9.84 Å². The van der Waals surface area contributed by atoms with E-state index in [2.05, 4.69) is 0 Å². The molecule has 98 valence electrons. The van der Waals surface area contributed by atoms with E-state index in [4.69, 9.17) is 5.26 Å². The van der Waals surface area contributed by atoms with Crippen molar-refractivity contribution in [1.82, 2.24) is 0 Å². The van der Waals surface area contributed by atoms with E-state index in [0.717, 1.165) is 23.9 Å². The van der Waals surface area contributed by atoms with E-state index in [1.54, 1.807) is 6.92 Å². The highest BCUT2D eigenvalue weighted by Crippen LogP contribution is 2.31. The highest BCUT2D eigenvalue weighted by Gasteiger charge is 2.46. The molecule has 18 heavy (non-hydrogen) atoms. The standard InChI is InChI=1S/C10H8F3NO2S2/c1-7(6-14)17-8-2-4-9(5-3-8)18(15,16)10(11,12)13/h2-5,7H,1H3. The van der Waals surface area contributed by atoms with Gasteiger partial charge in [0.1, 0.15) is 0 Å². The van der Waals surface area contributed by atoms with Crippen molar-refractivity contribution in [3.05, 3.63) is 24.3 Å². The van der Waals surface area contributed by atoms with Crippen molar-refractivity contribution in [3.8, 4) is 6.07 Å². The predicted molar refractivity (Wildman–Crippen MR) is 60.6 cm³/mol. The third-order valence-electron chi connectivity index (χ3n) is 1.93. The lowest BCUT2D eigenvalue weighted by molar-refractivity contribution is -0.0436. The van der Waals surface area contributed by atoms with Gasteiger partial charge in [0.2, 0.25) is 0 Å². The van der Waals surface area contributed by atoms with Crippen LogP contribution in [0, 0.1) is 11.3 Å². The molecule has 0 bridgehead atoms. The minimum atomic E-state index is -5.30. The Bertz CT molecular complexity index is 558. The number of alkyl halides is 3. The maximum absolute atomic E-state index is 12.2. The molecule has 0 saturated carbocycles. The van der Waals surface area contributed by atoms with Gasteiger partial charge in [-0.2, -0.15) is 18.4 Å². The third-order valence-corrected chi connectivity index (χ3v) is 4.44. The van der Waals surface area contributed by atoms with E-state index < -0.39 is 20.2 Å². The average Bonchev–Trinajstić information content (AvgIpc) is 2.28. The molecule has 0 heterocycles. The van der Waals surface area contributed by atoms with Crippen LogP contribution in [0.4, 0.5) is 13.2 Å². The van der Waals surface area contributed by atoms with E-state index in [1.165, 1.54) is 12.1 Å². The van der Waals surface area contributed by atoms with E-state index in [-0.39, 0.29) is 5.25 Å². The zero-order chi connectivity index (χ0) is 14.0. The van der Waals surface area contributed by atoms with Gasteiger partial charge < -0.3 is 0 Å². The van der Waals surface area contributed by atoms with Crippen LogP contribution in [0.15, 0.2) is 34.1 Å². The van der Waals surface area contributed by atoms with Crippen LogP contribution in [0.5, 0.6) is 0 Å². The molecule has 1 aromatic carbocycles. The van der Waals surface area contributed by atoms with Gasteiger partial charge in [0.05, 0.1) is 16.2 Å². The molecule has 0 aliphatic heterocycles. The van der Waals surface area contributed by atoms with Gasteiger partial charge in [-0.05, 0) is 31.2 Å². The molecule has 0 aromatic heterocycles. The second-order valence-electron chi connectivity index (χ2n) is 3.31. The van der Waals surface area contributed by atoms with Gasteiger partial charge >= 0.3 is 5.51 Å². The summed E-state index contributed by atoms with van der Waals surface area (Å²) in [6, 6.07) is 6.21. The summed E-state index contributed by atoms with van der Waals surface area (Å²) in [5.41, 5.74) is -5.30. The molecule has 0 spiro atoms. The highest BCUT2D eigenvalue weighted by atomic mass is 32.2. The Hall–Kier alpha value is -1.20. The van der Waals surface area contributed by atoms with Gasteiger partial charge in [0.15, 0.2) is 0 Å². The van der Waals surface area contributed by atoms with Crippen molar-refractivity contribution in [3.63, 3.8) is 0 Å². The zero-order valence-corrected chi connectivity index (χ0v) is 10.7. The molecular weight excluding hydrogens is 287 g/mol. The summed E-state index contributed by atoms with van der Waals surface area (Å²) in [4.78, 5) is -0.269. The van der Waals surface area contributed by atoms with Gasteiger partial charge in [-0.3, -0.25) is 0 Å². The Kier molecular flexibility index (Phi) is 4.29. The lowest BCUT2D eigenvalue weighted by Gasteiger charge is -2.08. The van der Waals surface area contributed by atoms with Crippen LogP contribution in [-0.4, -0.2) is 19.2 Å². The van der Waals surface area contributed by atoms with Gasteiger partial charge in [-0.1, -0.05) is 0 Å². The molecule has 0 aliphatic carbocycles. The Balaban J connectivity index is 3.02. The lowest BCUT2D eigenvalue weighted by Crippen LogP contribution is -2.23. The lowest BCUT2D eigenvalue weighted by atomic mass is 10.4. The Labute approximate surface area is 107 Å². The van der Waals surface area contributed by atoms with Crippen molar-refractivity contribution in [2.45, 2.75) is 27.5 Å². The maximum atomic E-state index is 12.2. The van der Waals surface area contributed by atoms with E-state index >= 15 is 0 Å². The fraction of sp³-hybridized carbons (Fsp3) is 0.300. The summed E-state index contributed by atoms with van der Waals surface area (Å²) >= 11 is 1.13. The summed E-state index contributed by atoms with van der Waals surface area (Å²) in [5.74, 6) is 0. The van der Waals surface area contributed by atoms with Crippen molar-refractivity contribution < 1.29 is 21.6 Å². The number of hydrogen-bond donors (Lipinski definition) is 0. The van der Waals surface area contributed by atoms with Crippen LogP contribution < -0.4 is 0 Å². The Morgan fingerprint density at radius 2 is 1.78 bits per heavy atom. The Morgan fingerprint density at radius 3 is 2.17 bits per heavy atom. The number of sulfone groups is 1. The Morgan fingerprint density at radius 1 is 1.28 bits per heavy atom. The van der Waals surface area contributed by atoms with Crippen LogP contribution in [0.1, 0.15) is 6.92 Å². The summed E-state index contributed by atoms with van der Waals surface area (Å²) < 4.78 is 58.9. The molecule has 0 N–H and O–H groups in total. The van der Waals surface area contributed by atoms with E-state index in [9.17, 15) is 21.6 Å². The largest absolute Gasteiger partial charge is 0.501 e. The van der Waals surface area contributed by atoms with Crippen LogP contribution in [0.2, 0.25) is 0 Å². The number of halogens is 3. The molecule has 1 aromatic rings. The molecule has 0 saturated heterocycles. The van der Waals surface area contributed by atoms with Crippen molar-refractivity contribution in [2.75, 3.05) is 0 Å². The molecule has 0 aliphatic rings. The minimum Gasteiger partial charge on any atom is -0.214 e. The topological polar surface area (TPSA) is 57.9 Å². The van der Waals surface area contributed by atoms with E-state index in [1.807, 2.05) is 6.07 Å². The SMILES string of the molecule is CC(C#N)Sc1ccc(S(=O)(=O)C(F)(F)F)cc1. The molecule has 1 rings (SSSR count). The monoisotopic (exact) mass is 295 g/mol. The number of nitrogens with zero attached hydrogens (tertiary/aromatic N) is 1. The summed E-state index contributed by atoms with van der Waals surface area (Å²) in [6.07, 6.45) is 0. The van der Waals surface area contributed by atoms with Gasteiger partial charge in [-0.15, -0.1) is 11.8 Å². The first kappa shape index (κ1) is 14.9. The number of nitriles is 1. The van der Waals surface area contributed by atoms with E-state index in [0.29, 0.717) is 4.90 Å².